The van der Waals surface area contributed by atoms with Crippen molar-refractivity contribution in [1.82, 2.24) is 5.32 Å². The molecule has 2 amide bonds. The highest BCUT2D eigenvalue weighted by molar-refractivity contribution is 7.80. The van der Waals surface area contributed by atoms with E-state index >= 15 is 0 Å². The first-order valence-corrected chi connectivity index (χ1v) is 11.9. The molecule has 10 heteroatoms. The zero-order valence-corrected chi connectivity index (χ0v) is 21.0. The van der Waals surface area contributed by atoms with Crippen LogP contribution < -0.4 is 20.7 Å². The number of halogens is 3. The maximum absolute atomic E-state index is 12.9. The van der Waals surface area contributed by atoms with E-state index in [1.165, 1.54) is 24.3 Å². The first-order chi connectivity index (χ1) is 17.5. The number of nitrogens with one attached hydrogen (secondary N) is 3. The molecular formula is C27H26F3N3O3S. The molecule has 0 heterocycles. The van der Waals surface area contributed by atoms with Gasteiger partial charge in [-0.1, -0.05) is 38.1 Å². The summed E-state index contributed by atoms with van der Waals surface area (Å²) >= 11 is 5.25. The van der Waals surface area contributed by atoms with Crippen LogP contribution in [-0.4, -0.2) is 23.5 Å². The lowest BCUT2D eigenvalue weighted by Crippen LogP contribution is -2.34. The van der Waals surface area contributed by atoms with Gasteiger partial charge in [0.25, 0.3) is 11.8 Å². The molecule has 0 aromatic heterocycles. The van der Waals surface area contributed by atoms with Crippen molar-refractivity contribution in [3.05, 3.63) is 89.5 Å². The third-order valence-corrected chi connectivity index (χ3v) is 5.35. The average Bonchev–Trinajstić information content (AvgIpc) is 2.84. The summed E-state index contributed by atoms with van der Waals surface area (Å²) in [5, 5.41) is 7.87. The number of alkyl halides is 3. The summed E-state index contributed by atoms with van der Waals surface area (Å²) in [6, 6.07) is 17.3. The molecule has 0 aliphatic heterocycles. The minimum Gasteiger partial charge on any atom is -0.493 e. The molecule has 37 heavy (non-hydrogen) atoms. The lowest BCUT2D eigenvalue weighted by molar-refractivity contribution is -0.137. The predicted octanol–water partition coefficient (Wildman–Crippen LogP) is 6.51. The van der Waals surface area contributed by atoms with Crippen LogP contribution in [0.1, 0.15) is 46.5 Å². The fraction of sp³-hybridized carbons (Fsp3) is 0.222. The SMILES string of the molecule is CC(C)CCOc1ccccc1C(=O)NC(=S)Nc1cccc(C(=O)Nc2cccc(C(F)(F)F)c2)c1. The van der Waals surface area contributed by atoms with E-state index in [4.69, 9.17) is 17.0 Å². The van der Waals surface area contributed by atoms with Crippen LogP contribution in [0.5, 0.6) is 5.75 Å². The van der Waals surface area contributed by atoms with E-state index in [1.54, 1.807) is 36.4 Å². The van der Waals surface area contributed by atoms with Crippen molar-refractivity contribution < 1.29 is 27.5 Å². The zero-order chi connectivity index (χ0) is 27.0. The predicted molar refractivity (Wildman–Crippen MR) is 141 cm³/mol. The Hall–Kier alpha value is -3.92. The van der Waals surface area contributed by atoms with Gasteiger partial charge in [-0.05, 0) is 73.1 Å². The molecule has 0 atom stereocenters. The molecule has 0 spiro atoms. The van der Waals surface area contributed by atoms with Crippen molar-refractivity contribution >= 4 is 40.5 Å². The fourth-order valence-electron chi connectivity index (χ4n) is 3.23. The average molecular weight is 530 g/mol. The second kappa shape index (κ2) is 12.4. The second-order valence-corrected chi connectivity index (χ2v) is 8.96. The van der Waals surface area contributed by atoms with Crippen LogP contribution in [0.4, 0.5) is 24.5 Å². The highest BCUT2D eigenvalue weighted by atomic mass is 32.1. The van der Waals surface area contributed by atoms with Crippen molar-refractivity contribution in [1.29, 1.82) is 0 Å². The molecule has 0 unspecified atom stereocenters. The molecule has 3 N–H and O–H groups in total. The maximum Gasteiger partial charge on any atom is 0.416 e. The summed E-state index contributed by atoms with van der Waals surface area (Å²) < 4.78 is 44.6. The second-order valence-electron chi connectivity index (χ2n) is 8.55. The molecule has 0 aliphatic carbocycles. The summed E-state index contributed by atoms with van der Waals surface area (Å²) in [5.41, 5.74) is 0.0532. The molecule has 3 aromatic carbocycles. The molecular weight excluding hydrogens is 503 g/mol. The summed E-state index contributed by atoms with van der Waals surface area (Å²) in [4.78, 5) is 25.4. The molecule has 6 nitrogen and oxygen atoms in total. The van der Waals surface area contributed by atoms with Gasteiger partial charge >= 0.3 is 6.18 Å². The van der Waals surface area contributed by atoms with E-state index in [0.717, 1.165) is 18.6 Å². The fourth-order valence-corrected chi connectivity index (χ4v) is 3.44. The number of hydrogen-bond donors (Lipinski definition) is 3. The van der Waals surface area contributed by atoms with Crippen LogP contribution in [0.3, 0.4) is 0 Å². The Bertz CT molecular complexity index is 1280. The number of carbonyl (C=O) groups is 2. The van der Waals surface area contributed by atoms with Gasteiger partial charge in [0.1, 0.15) is 5.75 Å². The number of para-hydroxylation sites is 1. The number of ether oxygens (including phenoxy) is 1. The van der Waals surface area contributed by atoms with Crippen LogP contribution in [0.15, 0.2) is 72.8 Å². The Kier molecular flexibility index (Phi) is 9.24. The molecule has 0 fully saturated rings. The summed E-state index contributed by atoms with van der Waals surface area (Å²) in [6.07, 6.45) is -3.68. The topological polar surface area (TPSA) is 79.5 Å². The van der Waals surface area contributed by atoms with Crippen LogP contribution in [0, 0.1) is 5.92 Å². The van der Waals surface area contributed by atoms with Gasteiger partial charge in [0, 0.05) is 16.9 Å². The van der Waals surface area contributed by atoms with Gasteiger partial charge in [0.05, 0.1) is 17.7 Å². The van der Waals surface area contributed by atoms with E-state index in [0.29, 0.717) is 29.5 Å². The number of amides is 2. The minimum atomic E-state index is -4.52. The number of thiocarbonyl (C=S) groups is 1. The highest BCUT2D eigenvalue weighted by Crippen LogP contribution is 2.30. The summed E-state index contributed by atoms with van der Waals surface area (Å²) in [5.74, 6) is -0.168. The van der Waals surface area contributed by atoms with E-state index in [-0.39, 0.29) is 16.4 Å². The molecule has 194 valence electrons. The quantitative estimate of drug-likeness (QED) is 0.290. The number of benzene rings is 3. The van der Waals surface area contributed by atoms with Crippen LogP contribution >= 0.6 is 12.2 Å². The van der Waals surface area contributed by atoms with E-state index in [9.17, 15) is 22.8 Å². The van der Waals surface area contributed by atoms with Crippen molar-refractivity contribution in [3.63, 3.8) is 0 Å². The van der Waals surface area contributed by atoms with E-state index in [1.807, 2.05) is 0 Å². The first-order valence-electron chi connectivity index (χ1n) is 11.5. The Balaban J connectivity index is 1.63. The van der Waals surface area contributed by atoms with Gasteiger partial charge in [-0.2, -0.15) is 13.2 Å². The minimum absolute atomic E-state index is 0.00239. The van der Waals surface area contributed by atoms with Gasteiger partial charge < -0.3 is 15.4 Å². The largest absolute Gasteiger partial charge is 0.493 e. The Morgan fingerprint density at radius 3 is 2.27 bits per heavy atom. The van der Waals surface area contributed by atoms with Crippen molar-refractivity contribution in [2.24, 2.45) is 5.92 Å². The van der Waals surface area contributed by atoms with Gasteiger partial charge in [0.15, 0.2) is 5.11 Å². The van der Waals surface area contributed by atoms with Crippen molar-refractivity contribution in [3.8, 4) is 5.75 Å². The Morgan fingerprint density at radius 2 is 1.57 bits per heavy atom. The van der Waals surface area contributed by atoms with Gasteiger partial charge in [-0.3, -0.25) is 14.9 Å². The van der Waals surface area contributed by atoms with Crippen LogP contribution in [0.25, 0.3) is 0 Å². The number of carbonyl (C=O) groups excluding carboxylic acids is 2. The zero-order valence-electron chi connectivity index (χ0n) is 20.2. The monoisotopic (exact) mass is 529 g/mol. The molecule has 0 saturated heterocycles. The number of anilines is 2. The molecule has 0 bridgehead atoms. The molecule has 3 aromatic rings. The molecule has 0 saturated carbocycles. The summed E-state index contributed by atoms with van der Waals surface area (Å²) in [6.45, 7) is 4.63. The van der Waals surface area contributed by atoms with Gasteiger partial charge in [-0.25, -0.2) is 0 Å². The standard InChI is InChI=1S/C27H26F3N3O3S/c1-17(2)13-14-36-23-12-4-3-11-22(23)25(35)33-26(37)32-20-9-5-7-18(15-20)24(34)31-21-10-6-8-19(16-21)27(28,29)30/h3-12,15-17H,13-14H2,1-2H3,(H,31,34)(H2,32,33,35,37). The highest BCUT2D eigenvalue weighted by Gasteiger charge is 2.30. The van der Waals surface area contributed by atoms with E-state index in [2.05, 4.69) is 29.8 Å². The van der Waals surface area contributed by atoms with Crippen molar-refractivity contribution in [2.75, 3.05) is 17.2 Å². The third kappa shape index (κ3) is 8.32. The number of hydrogen-bond acceptors (Lipinski definition) is 4. The Labute approximate surface area is 218 Å². The molecule has 3 rings (SSSR count). The molecule has 0 radical (unpaired) electrons. The lowest BCUT2D eigenvalue weighted by atomic mass is 10.1. The smallest absolute Gasteiger partial charge is 0.416 e. The van der Waals surface area contributed by atoms with E-state index < -0.39 is 23.6 Å². The van der Waals surface area contributed by atoms with Gasteiger partial charge in [0.2, 0.25) is 0 Å². The normalized spacial score (nSPS) is 11.1. The summed E-state index contributed by atoms with van der Waals surface area (Å²) in [7, 11) is 0. The van der Waals surface area contributed by atoms with Crippen LogP contribution in [0.2, 0.25) is 0 Å². The number of rotatable bonds is 8. The molecule has 0 aliphatic rings. The van der Waals surface area contributed by atoms with Crippen LogP contribution in [-0.2, 0) is 6.18 Å². The van der Waals surface area contributed by atoms with Gasteiger partial charge in [-0.15, -0.1) is 0 Å². The third-order valence-electron chi connectivity index (χ3n) is 5.14. The van der Waals surface area contributed by atoms with Crippen molar-refractivity contribution in [2.45, 2.75) is 26.4 Å². The lowest BCUT2D eigenvalue weighted by Gasteiger charge is -2.14. The maximum atomic E-state index is 12.9. The Morgan fingerprint density at radius 1 is 0.892 bits per heavy atom. The first kappa shape index (κ1) is 27.7.